The van der Waals surface area contributed by atoms with Crippen LogP contribution in [0.25, 0.3) is 0 Å². The summed E-state index contributed by atoms with van der Waals surface area (Å²) < 4.78 is 0. The number of thiophene rings is 1. The van der Waals surface area contributed by atoms with Crippen LogP contribution in [0.3, 0.4) is 0 Å². The normalized spacial score (nSPS) is 12.2. The molecule has 4 nitrogen and oxygen atoms in total. The van der Waals surface area contributed by atoms with Crippen molar-refractivity contribution in [1.82, 2.24) is 9.88 Å². The lowest BCUT2D eigenvalue weighted by molar-refractivity contribution is 0.0747. The molecule has 2 aromatic heterocycles. The fourth-order valence-corrected chi connectivity index (χ4v) is 2.74. The van der Waals surface area contributed by atoms with E-state index in [0.29, 0.717) is 10.6 Å². The van der Waals surface area contributed by atoms with Crippen molar-refractivity contribution in [2.24, 2.45) is 0 Å². The van der Waals surface area contributed by atoms with Crippen LogP contribution in [0.15, 0.2) is 30.6 Å². The summed E-state index contributed by atoms with van der Waals surface area (Å²) in [6.45, 7) is 3.92. The zero-order valence-electron chi connectivity index (χ0n) is 11.3. The Labute approximate surface area is 116 Å². The van der Waals surface area contributed by atoms with Gasteiger partial charge in [-0.2, -0.15) is 0 Å². The SMILES string of the molecule is Cc1sc(C(=O)N(C)C(C)c2ccncc2)cc1N. The standard InChI is InChI=1S/C14H17N3OS/c1-9(11-4-6-16-7-5-11)17(3)14(18)13-8-12(15)10(2)19-13/h4-9H,15H2,1-3H3. The minimum absolute atomic E-state index is 0.000805. The molecule has 0 radical (unpaired) electrons. The van der Waals surface area contributed by atoms with Crippen LogP contribution in [0.4, 0.5) is 5.69 Å². The fourth-order valence-electron chi connectivity index (χ4n) is 1.82. The maximum atomic E-state index is 12.4. The molecule has 0 aliphatic rings. The minimum atomic E-state index is -0.00545. The van der Waals surface area contributed by atoms with Gasteiger partial charge >= 0.3 is 0 Å². The average molecular weight is 275 g/mol. The van der Waals surface area contributed by atoms with E-state index < -0.39 is 0 Å². The summed E-state index contributed by atoms with van der Waals surface area (Å²) in [5.41, 5.74) is 7.54. The molecule has 5 heteroatoms. The Hall–Kier alpha value is -1.88. The lowest BCUT2D eigenvalue weighted by Gasteiger charge is -2.24. The molecular weight excluding hydrogens is 258 g/mol. The molecule has 2 rings (SSSR count). The summed E-state index contributed by atoms with van der Waals surface area (Å²) in [5, 5.41) is 0. The molecule has 0 spiro atoms. The molecule has 0 saturated carbocycles. The molecule has 2 heterocycles. The number of aryl methyl sites for hydroxylation is 1. The third-order valence-electron chi connectivity index (χ3n) is 3.26. The highest BCUT2D eigenvalue weighted by Crippen LogP contribution is 2.27. The van der Waals surface area contributed by atoms with Gasteiger partial charge in [0.2, 0.25) is 0 Å². The summed E-state index contributed by atoms with van der Waals surface area (Å²) in [7, 11) is 1.80. The Morgan fingerprint density at radius 2 is 2.05 bits per heavy atom. The van der Waals surface area contributed by atoms with E-state index in [1.807, 2.05) is 26.0 Å². The molecule has 2 aromatic rings. The van der Waals surface area contributed by atoms with Gasteiger partial charge in [-0.3, -0.25) is 9.78 Å². The summed E-state index contributed by atoms with van der Waals surface area (Å²) in [5.74, 6) is -0.00545. The summed E-state index contributed by atoms with van der Waals surface area (Å²) in [6.07, 6.45) is 3.47. The molecule has 1 amide bonds. The van der Waals surface area contributed by atoms with E-state index in [1.165, 1.54) is 11.3 Å². The summed E-state index contributed by atoms with van der Waals surface area (Å²) in [4.78, 5) is 19.8. The Kier molecular flexibility index (Phi) is 3.85. The maximum Gasteiger partial charge on any atom is 0.264 e. The van der Waals surface area contributed by atoms with Gasteiger partial charge in [0.25, 0.3) is 5.91 Å². The van der Waals surface area contributed by atoms with Crippen molar-refractivity contribution in [3.05, 3.63) is 45.9 Å². The second kappa shape index (κ2) is 5.40. The van der Waals surface area contributed by atoms with E-state index >= 15 is 0 Å². The Morgan fingerprint density at radius 1 is 1.42 bits per heavy atom. The number of rotatable bonds is 3. The molecule has 1 unspecified atom stereocenters. The zero-order valence-corrected chi connectivity index (χ0v) is 12.1. The molecule has 19 heavy (non-hydrogen) atoms. The molecule has 0 aliphatic heterocycles. The van der Waals surface area contributed by atoms with Gasteiger partial charge in [0.05, 0.1) is 10.9 Å². The molecule has 2 N–H and O–H groups in total. The van der Waals surface area contributed by atoms with E-state index in [9.17, 15) is 4.79 Å². The predicted molar refractivity (Wildman–Crippen MR) is 78.2 cm³/mol. The topological polar surface area (TPSA) is 59.2 Å². The molecular formula is C14H17N3OS. The molecule has 0 aliphatic carbocycles. The van der Waals surface area contributed by atoms with Crippen molar-refractivity contribution < 1.29 is 4.79 Å². The van der Waals surface area contributed by atoms with Gasteiger partial charge in [0, 0.05) is 30.0 Å². The van der Waals surface area contributed by atoms with Crippen molar-refractivity contribution in [2.45, 2.75) is 19.9 Å². The first-order valence-electron chi connectivity index (χ1n) is 6.03. The number of carbonyl (C=O) groups excluding carboxylic acids is 1. The van der Waals surface area contributed by atoms with Gasteiger partial charge in [-0.1, -0.05) is 0 Å². The van der Waals surface area contributed by atoms with Crippen molar-refractivity contribution in [3.63, 3.8) is 0 Å². The number of pyridine rings is 1. The van der Waals surface area contributed by atoms with Crippen LogP contribution in [0.5, 0.6) is 0 Å². The number of aromatic nitrogens is 1. The zero-order chi connectivity index (χ0) is 14.0. The Morgan fingerprint density at radius 3 is 2.58 bits per heavy atom. The van der Waals surface area contributed by atoms with Crippen LogP contribution in [-0.4, -0.2) is 22.8 Å². The number of nitrogens with two attached hydrogens (primary N) is 1. The van der Waals surface area contributed by atoms with Gasteiger partial charge in [0.15, 0.2) is 0 Å². The number of hydrogen-bond acceptors (Lipinski definition) is 4. The van der Waals surface area contributed by atoms with Gasteiger partial charge in [-0.05, 0) is 37.6 Å². The fraction of sp³-hybridized carbons (Fsp3) is 0.286. The van der Waals surface area contributed by atoms with Crippen LogP contribution < -0.4 is 5.73 Å². The highest BCUT2D eigenvalue weighted by Gasteiger charge is 2.20. The number of nitrogens with zero attached hydrogens (tertiary/aromatic N) is 2. The number of anilines is 1. The summed E-state index contributed by atoms with van der Waals surface area (Å²) >= 11 is 1.43. The quantitative estimate of drug-likeness (QED) is 0.937. The van der Waals surface area contributed by atoms with Crippen LogP contribution in [0.2, 0.25) is 0 Å². The number of hydrogen-bond donors (Lipinski definition) is 1. The average Bonchev–Trinajstić information content (AvgIpc) is 2.77. The highest BCUT2D eigenvalue weighted by molar-refractivity contribution is 7.14. The lowest BCUT2D eigenvalue weighted by atomic mass is 10.1. The molecule has 100 valence electrons. The van der Waals surface area contributed by atoms with Crippen LogP contribution >= 0.6 is 11.3 Å². The molecule has 0 fully saturated rings. The van der Waals surface area contributed by atoms with Crippen LogP contribution in [0, 0.1) is 6.92 Å². The van der Waals surface area contributed by atoms with E-state index in [2.05, 4.69) is 4.98 Å². The second-order valence-electron chi connectivity index (χ2n) is 4.49. The van der Waals surface area contributed by atoms with Crippen LogP contribution in [0.1, 0.15) is 33.1 Å². The highest BCUT2D eigenvalue weighted by atomic mass is 32.1. The monoisotopic (exact) mass is 275 g/mol. The number of carbonyl (C=O) groups is 1. The minimum Gasteiger partial charge on any atom is -0.398 e. The Bertz CT molecular complexity index is 560. The van der Waals surface area contributed by atoms with Gasteiger partial charge < -0.3 is 10.6 Å². The molecule has 0 aromatic carbocycles. The third-order valence-corrected chi connectivity index (χ3v) is 4.31. The van der Waals surface area contributed by atoms with Crippen molar-refractivity contribution in [1.29, 1.82) is 0 Å². The summed E-state index contributed by atoms with van der Waals surface area (Å²) in [6, 6.07) is 5.59. The lowest BCUT2D eigenvalue weighted by Crippen LogP contribution is -2.29. The molecule has 1 atom stereocenters. The van der Waals surface area contributed by atoms with Crippen molar-refractivity contribution in [3.8, 4) is 0 Å². The molecule has 0 bridgehead atoms. The maximum absolute atomic E-state index is 12.4. The first-order chi connectivity index (χ1) is 9.00. The second-order valence-corrected chi connectivity index (χ2v) is 5.75. The van der Waals surface area contributed by atoms with Gasteiger partial charge in [-0.15, -0.1) is 11.3 Å². The van der Waals surface area contributed by atoms with E-state index in [1.54, 1.807) is 30.4 Å². The number of amides is 1. The Balaban J connectivity index is 2.19. The number of nitrogen functional groups attached to an aromatic ring is 1. The van der Waals surface area contributed by atoms with E-state index in [4.69, 9.17) is 5.73 Å². The van der Waals surface area contributed by atoms with Crippen molar-refractivity contribution in [2.75, 3.05) is 12.8 Å². The van der Waals surface area contributed by atoms with E-state index in [-0.39, 0.29) is 11.9 Å². The third kappa shape index (κ3) is 2.76. The van der Waals surface area contributed by atoms with Crippen molar-refractivity contribution >= 4 is 22.9 Å². The smallest absolute Gasteiger partial charge is 0.264 e. The van der Waals surface area contributed by atoms with Gasteiger partial charge in [-0.25, -0.2) is 0 Å². The van der Waals surface area contributed by atoms with Crippen LogP contribution in [-0.2, 0) is 0 Å². The first kappa shape index (κ1) is 13.5. The van der Waals surface area contributed by atoms with E-state index in [0.717, 1.165) is 10.4 Å². The predicted octanol–water partition coefficient (Wildman–Crippen LogP) is 2.87. The van der Waals surface area contributed by atoms with Gasteiger partial charge in [0.1, 0.15) is 0 Å². The first-order valence-corrected chi connectivity index (χ1v) is 6.85. The largest absolute Gasteiger partial charge is 0.398 e. The molecule has 0 saturated heterocycles.